The molecule has 0 aliphatic carbocycles. The maximum Gasteiger partial charge on any atom is 0.254 e. The second-order valence-corrected chi connectivity index (χ2v) is 5.37. The number of nitrogens with zero attached hydrogens (tertiary/aromatic N) is 1. The molecule has 1 aliphatic heterocycles. The van der Waals surface area contributed by atoms with Gasteiger partial charge in [0.15, 0.2) is 0 Å². The van der Waals surface area contributed by atoms with Gasteiger partial charge in [-0.25, -0.2) is 0 Å². The summed E-state index contributed by atoms with van der Waals surface area (Å²) in [6, 6.07) is 5.89. The van der Waals surface area contributed by atoms with Crippen LogP contribution in [0.2, 0.25) is 0 Å². The van der Waals surface area contributed by atoms with Crippen molar-refractivity contribution in [3.63, 3.8) is 0 Å². The molecule has 0 radical (unpaired) electrons. The highest BCUT2D eigenvalue weighted by Gasteiger charge is 2.24. The highest BCUT2D eigenvalue weighted by atomic mass is 79.9. The van der Waals surface area contributed by atoms with E-state index in [1.54, 1.807) is 0 Å². The summed E-state index contributed by atoms with van der Waals surface area (Å²) in [4.78, 5) is 14.3. The average molecular weight is 296 g/mol. The molecule has 0 bridgehead atoms. The van der Waals surface area contributed by atoms with Crippen LogP contribution in [-0.4, -0.2) is 23.9 Å². The Kier molecular flexibility index (Phi) is 4.21. The molecule has 92 valence electrons. The molecule has 0 N–H and O–H groups in total. The van der Waals surface area contributed by atoms with E-state index in [2.05, 4.69) is 22.9 Å². The van der Waals surface area contributed by atoms with Gasteiger partial charge in [0.25, 0.3) is 5.91 Å². The first-order valence-corrected chi connectivity index (χ1v) is 7.10. The number of unbranched alkanes of at least 4 members (excludes halogenated alkanes) is 2. The van der Waals surface area contributed by atoms with Crippen molar-refractivity contribution in [3.8, 4) is 0 Å². The molecular formula is C14H18BrNO. The van der Waals surface area contributed by atoms with Gasteiger partial charge in [0.2, 0.25) is 0 Å². The normalized spacial score (nSPS) is 14.9. The third-order valence-corrected chi connectivity index (χ3v) is 4.04. The van der Waals surface area contributed by atoms with E-state index in [1.165, 1.54) is 18.4 Å². The molecule has 2 nitrogen and oxygen atoms in total. The molecule has 1 aliphatic rings. The minimum absolute atomic E-state index is 0.198. The lowest BCUT2D eigenvalue weighted by Gasteiger charge is -2.29. The Labute approximate surface area is 111 Å². The highest BCUT2D eigenvalue weighted by molar-refractivity contribution is 9.10. The minimum Gasteiger partial charge on any atom is -0.338 e. The van der Waals surface area contributed by atoms with Gasteiger partial charge in [0.1, 0.15) is 0 Å². The number of carbonyl (C=O) groups excluding carboxylic acids is 1. The van der Waals surface area contributed by atoms with Crippen LogP contribution < -0.4 is 0 Å². The predicted molar refractivity (Wildman–Crippen MR) is 73.3 cm³/mol. The molecule has 0 saturated heterocycles. The maximum atomic E-state index is 12.3. The Bertz CT molecular complexity index is 417. The molecule has 1 aromatic carbocycles. The summed E-state index contributed by atoms with van der Waals surface area (Å²) in [6.45, 7) is 3.95. The number of halogens is 1. The Morgan fingerprint density at radius 2 is 2.18 bits per heavy atom. The van der Waals surface area contributed by atoms with Gasteiger partial charge < -0.3 is 4.90 Å². The number of rotatable bonds is 4. The molecule has 17 heavy (non-hydrogen) atoms. The lowest BCUT2D eigenvalue weighted by molar-refractivity contribution is 0.0736. The topological polar surface area (TPSA) is 20.3 Å². The average Bonchev–Trinajstić information content (AvgIpc) is 2.33. The van der Waals surface area contributed by atoms with Crippen molar-refractivity contribution in [3.05, 3.63) is 33.8 Å². The second-order valence-electron chi connectivity index (χ2n) is 4.52. The van der Waals surface area contributed by atoms with Gasteiger partial charge in [-0.05, 0) is 30.5 Å². The van der Waals surface area contributed by atoms with Crippen LogP contribution >= 0.6 is 15.9 Å². The van der Waals surface area contributed by atoms with Crippen LogP contribution in [0, 0.1) is 0 Å². The fourth-order valence-corrected chi connectivity index (χ4v) is 2.86. The number of fused-ring (bicyclic) bond motifs is 1. The van der Waals surface area contributed by atoms with E-state index in [-0.39, 0.29) is 5.91 Å². The first-order valence-electron chi connectivity index (χ1n) is 6.30. The van der Waals surface area contributed by atoms with Crippen molar-refractivity contribution in [2.24, 2.45) is 0 Å². The maximum absolute atomic E-state index is 12.3. The summed E-state index contributed by atoms with van der Waals surface area (Å²) < 4.78 is 1.07. The molecule has 0 fully saturated rings. The van der Waals surface area contributed by atoms with Crippen molar-refractivity contribution in [1.29, 1.82) is 0 Å². The fourth-order valence-electron chi connectivity index (χ4n) is 2.30. The Morgan fingerprint density at radius 3 is 2.94 bits per heavy atom. The third-order valence-electron chi connectivity index (χ3n) is 3.30. The molecule has 2 rings (SSSR count). The van der Waals surface area contributed by atoms with Gasteiger partial charge >= 0.3 is 0 Å². The number of carbonyl (C=O) groups is 1. The number of benzene rings is 1. The smallest absolute Gasteiger partial charge is 0.254 e. The molecule has 1 heterocycles. The van der Waals surface area contributed by atoms with E-state index in [0.717, 1.165) is 36.0 Å². The van der Waals surface area contributed by atoms with Crippen LogP contribution in [0.4, 0.5) is 0 Å². The predicted octanol–water partition coefficient (Wildman–Crippen LogP) is 3.64. The summed E-state index contributed by atoms with van der Waals surface area (Å²) in [6.07, 6.45) is 4.49. The second kappa shape index (κ2) is 5.67. The largest absolute Gasteiger partial charge is 0.338 e. The summed E-state index contributed by atoms with van der Waals surface area (Å²) in [5.41, 5.74) is 2.05. The summed E-state index contributed by atoms with van der Waals surface area (Å²) in [5.74, 6) is 0.198. The zero-order valence-electron chi connectivity index (χ0n) is 10.2. The molecule has 0 unspecified atom stereocenters. The van der Waals surface area contributed by atoms with Gasteiger partial charge in [-0.3, -0.25) is 4.79 Å². The van der Waals surface area contributed by atoms with Crippen molar-refractivity contribution in [2.75, 3.05) is 13.1 Å². The SMILES string of the molecule is CCCCCN1CCc2c(Br)cccc2C1=O. The number of hydrogen-bond acceptors (Lipinski definition) is 1. The molecule has 3 heteroatoms. The quantitative estimate of drug-likeness (QED) is 0.777. The molecule has 0 spiro atoms. The summed E-state index contributed by atoms with van der Waals surface area (Å²) in [7, 11) is 0. The zero-order valence-corrected chi connectivity index (χ0v) is 11.8. The van der Waals surface area contributed by atoms with Crippen molar-refractivity contribution in [1.82, 2.24) is 4.90 Å². The van der Waals surface area contributed by atoms with Crippen LogP contribution in [0.25, 0.3) is 0 Å². The van der Waals surface area contributed by atoms with Gasteiger partial charge in [-0.2, -0.15) is 0 Å². The van der Waals surface area contributed by atoms with E-state index in [4.69, 9.17) is 0 Å². The standard InChI is InChI=1S/C14H18BrNO/c1-2-3-4-9-16-10-8-11-12(14(16)17)6-5-7-13(11)15/h5-7H,2-4,8-10H2,1H3. The van der Waals surface area contributed by atoms with E-state index < -0.39 is 0 Å². The molecule has 0 atom stereocenters. The van der Waals surface area contributed by atoms with E-state index >= 15 is 0 Å². The van der Waals surface area contributed by atoms with Crippen LogP contribution in [0.3, 0.4) is 0 Å². The zero-order chi connectivity index (χ0) is 12.3. The number of hydrogen-bond donors (Lipinski definition) is 0. The van der Waals surface area contributed by atoms with Crippen molar-refractivity contribution < 1.29 is 4.79 Å². The first-order chi connectivity index (χ1) is 8.24. The Balaban J connectivity index is 2.11. The minimum atomic E-state index is 0.198. The van der Waals surface area contributed by atoms with Crippen LogP contribution in [0.5, 0.6) is 0 Å². The van der Waals surface area contributed by atoms with Gasteiger partial charge in [0.05, 0.1) is 0 Å². The molecule has 1 aromatic rings. The molecular weight excluding hydrogens is 278 g/mol. The third kappa shape index (κ3) is 2.71. The van der Waals surface area contributed by atoms with Crippen LogP contribution in [0.1, 0.15) is 42.1 Å². The summed E-state index contributed by atoms with van der Waals surface area (Å²) >= 11 is 3.52. The Morgan fingerprint density at radius 1 is 1.35 bits per heavy atom. The lowest BCUT2D eigenvalue weighted by atomic mass is 9.99. The first kappa shape index (κ1) is 12.6. The van der Waals surface area contributed by atoms with Gasteiger partial charge in [0, 0.05) is 23.1 Å². The van der Waals surface area contributed by atoms with E-state index in [1.807, 2.05) is 23.1 Å². The Hall–Kier alpha value is -0.830. The van der Waals surface area contributed by atoms with Gasteiger partial charge in [-0.1, -0.05) is 41.8 Å². The number of amides is 1. The van der Waals surface area contributed by atoms with Crippen LogP contribution in [-0.2, 0) is 6.42 Å². The van der Waals surface area contributed by atoms with E-state index in [9.17, 15) is 4.79 Å². The van der Waals surface area contributed by atoms with E-state index in [0.29, 0.717) is 0 Å². The molecule has 0 aromatic heterocycles. The monoisotopic (exact) mass is 295 g/mol. The summed E-state index contributed by atoms with van der Waals surface area (Å²) in [5, 5.41) is 0. The molecule has 0 saturated carbocycles. The fraction of sp³-hybridized carbons (Fsp3) is 0.500. The molecule has 1 amide bonds. The van der Waals surface area contributed by atoms with Crippen molar-refractivity contribution >= 4 is 21.8 Å². The lowest BCUT2D eigenvalue weighted by Crippen LogP contribution is -2.38. The van der Waals surface area contributed by atoms with Gasteiger partial charge in [-0.15, -0.1) is 0 Å². The highest BCUT2D eigenvalue weighted by Crippen LogP contribution is 2.26. The van der Waals surface area contributed by atoms with Crippen molar-refractivity contribution in [2.45, 2.75) is 32.6 Å². The van der Waals surface area contributed by atoms with Crippen LogP contribution in [0.15, 0.2) is 22.7 Å².